The number of nitrogens with one attached hydrogen (secondary N) is 1. The molecule has 0 aromatic heterocycles. The molecule has 0 aromatic carbocycles. The molecule has 19 heavy (non-hydrogen) atoms. The summed E-state index contributed by atoms with van der Waals surface area (Å²) in [7, 11) is 3.15. The number of hydrogen-bond acceptors (Lipinski definition) is 4. The molecule has 2 N–H and O–H groups in total. The van der Waals surface area contributed by atoms with Gasteiger partial charge in [0, 0.05) is 27.3 Å². The van der Waals surface area contributed by atoms with Gasteiger partial charge in [-0.2, -0.15) is 0 Å². The van der Waals surface area contributed by atoms with E-state index in [1.54, 1.807) is 14.2 Å². The van der Waals surface area contributed by atoms with Crippen LogP contribution in [-0.4, -0.2) is 67.6 Å². The Bertz CT molecular complexity index is 323. The number of urea groups is 1. The van der Waals surface area contributed by atoms with Crippen LogP contribution in [0, 0.1) is 0 Å². The monoisotopic (exact) mass is 274 g/mol. The molecule has 0 bridgehead atoms. The summed E-state index contributed by atoms with van der Waals surface area (Å²) in [5.41, 5.74) is 0. The maximum atomic E-state index is 11.8. The summed E-state index contributed by atoms with van der Waals surface area (Å²) in [4.78, 5) is 23.6. The van der Waals surface area contributed by atoms with Crippen LogP contribution in [-0.2, 0) is 14.3 Å². The zero-order valence-corrected chi connectivity index (χ0v) is 11.6. The fourth-order valence-electron chi connectivity index (χ4n) is 2.05. The zero-order valence-electron chi connectivity index (χ0n) is 11.6. The molecule has 1 fully saturated rings. The number of aliphatic carboxylic acids is 1. The van der Waals surface area contributed by atoms with Gasteiger partial charge in [0.15, 0.2) is 0 Å². The number of carboxylic acid groups (broad SMARTS) is 1. The third-order valence-electron chi connectivity index (χ3n) is 3.22. The van der Waals surface area contributed by atoms with E-state index >= 15 is 0 Å². The van der Waals surface area contributed by atoms with Crippen molar-refractivity contribution in [1.29, 1.82) is 0 Å². The molecule has 0 aromatic rings. The van der Waals surface area contributed by atoms with Crippen LogP contribution in [0.3, 0.4) is 0 Å². The summed E-state index contributed by atoms with van der Waals surface area (Å²) in [5.74, 6) is -0.922. The van der Waals surface area contributed by atoms with Gasteiger partial charge in [-0.25, -0.2) is 4.79 Å². The van der Waals surface area contributed by atoms with E-state index in [1.807, 2.05) is 6.92 Å². The molecule has 0 saturated heterocycles. The molecule has 2 amide bonds. The zero-order chi connectivity index (χ0) is 14.4. The molecule has 1 rings (SSSR count). The highest BCUT2D eigenvalue weighted by molar-refractivity contribution is 5.75. The van der Waals surface area contributed by atoms with Gasteiger partial charge in [-0.15, -0.1) is 0 Å². The van der Waals surface area contributed by atoms with Gasteiger partial charge < -0.3 is 24.8 Å². The minimum atomic E-state index is -0.922. The average Bonchev–Trinajstić information content (AvgIpc) is 2.34. The lowest BCUT2D eigenvalue weighted by molar-refractivity contribution is -0.137. The smallest absolute Gasteiger partial charge is 0.317 e. The van der Waals surface area contributed by atoms with Crippen LogP contribution in [0.1, 0.15) is 19.8 Å². The Kier molecular flexibility index (Phi) is 6.04. The quantitative estimate of drug-likeness (QED) is 0.697. The second-order valence-electron chi connectivity index (χ2n) is 4.55. The summed E-state index contributed by atoms with van der Waals surface area (Å²) >= 11 is 0. The van der Waals surface area contributed by atoms with Gasteiger partial charge in [0.1, 0.15) is 6.10 Å². The number of carbonyl (C=O) groups is 2. The van der Waals surface area contributed by atoms with Gasteiger partial charge in [-0.1, -0.05) is 0 Å². The molecule has 0 radical (unpaired) electrons. The number of amides is 2. The first kappa shape index (κ1) is 15.7. The van der Waals surface area contributed by atoms with E-state index in [0.717, 1.165) is 0 Å². The molecule has 1 aliphatic carbocycles. The Morgan fingerprint density at radius 2 is 2.16 bits per heavy atom. The summed E-state index contributed by atoms with van der Waals surface area (Å²) in [6.07, 6.45) is 0.524. The Morgan fingerprint density at radius 1 is 1.47 bits per heavy atom. The van der Waals surface area contributed by atoms with Crippen molar-refractivity contribution in [3.05, 3.63) is 0 Å². The van der Waals surface area contributed by atoms with E-state index in [-0.39, 0.29) is 37.2 Å². The van der Waals surface area contributed by atoms with Crippen LogP contribution >= 0.6 is 0 Å². The van der Waals surface area contributed by atoms with Crippen molar-refractivity contribution in [3.8, 4) is 0 Å². The largest absolute Gasteiger partial charge is 0.481 e. The van der Waals surface area contributed by atoms with Crippen LogP contribution in [0.2, 0.25) is 0 Å². The summed E-state index contributed by atoms with van der Waals surface area (Å²) < 4.78 is 10.8. The van der Waals surface area contributed by atoms with Crippen LogP contribution in [0.25, 0.3) is 0 Å². The summed E-state index contributed by atoms with van der Waals surface area (Å²) in [5, 5.41) is 11.4. The van der Waals surface area contributed by atoms with Crippen molar-refractivity contribution in [3.63, 3.8) is 0 Å². The first-order valence-corrected chi connectivity index (χ1v) is 6.37. The van der Waals surface area contributed by atoms with E-state index in [9.17, 15) is 9.59 Å². The first-order valence-electron chi connectivity index (χ1n) is 6.37. The van der Waals surface area contributed by atoms with Gasteiger partial charge in [0.25, 0.3) is 0 Å². The average molecular weight is 274 g/mol. The molecule has 110 valence electrons. The van der Waals surface area contributed by atoms with E-state index in [0.29, 0.717) is 13.0 Å². The number of rotatable bonds is 7. The van der Waals surface area contributed by atoms with Gasteiger partial charge in [0.05, 0.1) is 18.6 Å². The highest BCUT2D eigenvalue weighted by Gasteiger charge is 2.43. The molecule has 1 aliphatic rings. The lowest BCUT2D eigenvalue weighted by Crippen LogP contribution is -2.62. The predicted octanol–water partition coefficient (Wildman–Crippen LogP) is 0.295. The highest BCUT2D eigenvalue weighted by atomic mass is 16.5. The second-order valence-corrected chi connectivity index (χ2v) is 4.55. The maximum absolute atomic E-state index is 11.8. The fourth-order valence-corrected chi connectivity index (χ4v) is 2.05. The lowest BCUT2D eigenvalue weighted by atomic mass is 9.85. The third-order valence-corrected chi connectivity index (χ3v) is 3.22. The van der Waals surface area contributed by atoms with Crippen LogP contribution in [0.15, 0.2) is 0 Å². The Labute approximate surface area is 112 Å². The van der Waals surface area contributed by atoms with Crippen molar-refractivity contribution in [2.24, 2.45) is 0 Å². The number of ether oxygens (including phenoxy) is 2. The molecule has 0 aliphatic heterocycles. The number of nitrogens with zero attached hydrogens (tertiary/aromatic N) is 1. The van der Waals surface area contributed by atoms with Crippen molar-refractivity contribution in [1.82, 2.24) is 10.2 Å². The standard InChI is InChI=1S/C12H22N2O5/c1-4-19-9-7-8(11(9)18-3)13-12(17)14(2)6-5-10(15)16/h8-9,11H,4-7H2,1-3H3,(H,13,17)(H,15,16). The highest BCUT2D eigenvalue weighted by Crippen LogP contribution is 2.26. The van der Waals surface area contributed by atoms with E-state index in [2.05, 4.69) is 5.32 Å². The van der Waals surface area contributed by atoms with Crippen LogP contribution < -0.4 is 5.32 Å². The van der Waals surface area contributed by atoms with E-state index in [4.69, 9.17) is 14.6 Å². The van der Waals surface area contributed by atoms with Crippen molar-refractivity contribution in [2.75, 3.05) is 27.3 Å². The number of methoxy groups -OCH3 is 1. The van der Waals surface area contributed by atoms with Crippen LogP contribution in [0.4, 0.5) is 4.79 Å². The third kappa shape index (κ3) is 4.36. The van der Waals surface area contributed by atoms with Gasteiger partial charge in [0.2, 0.25) is 0 Å². The van der Waals surface area contributed by atoms with Crippen LogP contribution in [0.5, 0.6) is 0 Å². The molecular formula is C12H22N2O5. The summed E-state index contributed by atoms with van der Waals surface area (Å²) in [6.45, 7) is 2.71. The van der Waals surface area contributed by atoms with Crippen molar-refractivity contribution >= 4 is 12.0 Å². The fraction of sp³-hybridized carbons (Fsp3) is 0.833. The Morgan fingerprint density at radius 3 is 2.68 bits per heavy atom. The minimum absolute atomic E-state index is 0.0182. The maximum Gasteiger partial charge on any atom is 0.317 e. The van der Waals surface area contributed by atoms with Gasteiger partial charge in [-0.3, -0.25) is 4.79 Å². The van der Waals surface area contributed by atoms with E-state index in [1.165, 1.54) is 4.90 Å². The molecule has 3 atom stereocenters. The Balaban J connectivity index is 2.34. The minimum Gasteiger partial charge on any atom is -0.481 e. The number of carboxylic acids is 1. The SMILES string of the molecule is CCOC1CC(NC(=O)N(C)CCC(=O)O)C1OC. The topological polar surface area (TPSA) is 88.1 Å². The number of hydrogen-bond donors (Lipinski definition) is 2. The van der Waals surface area contributed by atoms with Gasteiger partial charge in [-0.05, 0) is 13.3 Å². The Hall–Kier alpha value is -1.34. The molecule has 7 nitrogen and oxygen atoms in total. The second kappa shape index (κ2) is 7.30. The molecule has 7 heteroatoms. The first-order chi connectivity index (χ1) is 8.99. The molecule has 0 heterocycles. The molecule has 0 spiro atoms. The van der Waals surface area contributed by atoms with Crippen molar-refractivity contribution in [2.45, 2.75) is 38.0 Å². The lowest BCUT2D eigenvalue weighted by Gasteiger charge is -2.43. The van der Waals surface area contributed by atoms with Crippen molar-refractivity contribution < 1.29 is 24.2 Å². The summed E-state index contributed by atoms with van der Waals surface area (Å²) in [6, 6.07) is -0.371. The number of carbonyl (C=O) groups excluding carboxylic acids is 1. The molecule has 1 saturated carbocycles. The predicted molar refractivity (Wildman–Crippen MR) is 68.0 cm³/mol. The normalized spacial score (nSPS) is 25.5. The van der Waals surface area contributed by atoms with E-state index < -0.39 is 5.97 Å². The van der Waals surface area contributed by atoms with Gasteiger partial charge >= 0.3 is 12.0 Å². The molecule has 3 unspecified atom stereocenters. The molecular weight excluding hydrogens is 252 g/mol.